The number of hydrogen-bond acceptors (Lipinski definition) is 6. The molecule has 0 amide bonds. The summed E-state index contributed by atoms with van der Waals surface area (Å²) < 4.78 is 12.6. The molecule has 2 aromatic heterocycles. The molecule has 0 aliphatic rings. The summed E-state index contributed by atoms with van der Waals surface area (Å²) in [6, 6.07) is 15.1. The van der Waals surface area contributed by atoms with Crippen molar-refractivity contribution in [3.8, 4) is 22.8 Å². The van der Waals surface area contributed by atoms with Gasteiger partial charge in [-0.05, 0) is 42.5 Å². The van der Waals surface area contributed by atoms with Crippen molar-refractivity contribution in [3.05, 3.63) is 60.9 Å². The van der Waals surface area contributed by atoms with Gasteiger partial charge in [0.2, 0.25) is 5.95 Å². The largest absolute Gasteiger partial charge is 0.493 e. The van der Waals surface area contributed by atoms with Crippen LogP contribution in [0.2, 0.25) is 0 Å². The van der Waals surface area contributed by atoms with E-state index in [1.54, 1.807) is 20.4 Å². The van der Waals surface area contributed by atoms with Crippen LogP contribution in [0, 0.1) is 0 Å². The highest BCUT2D eigenvalue weighted by molar-refractivity contribution is 5.70. The zero-order valence-corrected chi connectivity index (χ0v) is 15.0. The fraction of sp³-hybridized carbons (Fsp3) is 0.182. The van der Waals surface area contributed by atoms with Crippen LogP contribution in [0.4, 0.5) is 17.3 Å². The van der Waals surface area contributed by atoms with Crippen LogP contribution in [0.1, 0.15) is 14.9 Å². The zero-order chi connectivity index (χ0) is 18.8. The highest BCUT2D eigenvalue weighted by Crippen LogP contribution is 2.32. The fourth-order valence-electron chi connectivity index (χ4n) is 2.85. The minimum Gasteiger partial charge on any atom is -0.493 e. The van der Waals surface area contributed by atoms with E-state index in [1.807, 2.05) is 59.1 Å². The number of nitrogens with zero attached hydrogens (tertiary/aromatic N) is 3. The van der Waals surface area contributed by atoms with E-state index < -0.39 is 0 Å². The SMILES string of the molecule is C.C.COc1ccc(-c2cc3nccn3c(Nc3ccc(N)cc3)n2)cc1OC. The van der Waals surface area contributed by atoms with E-state index in [9.17, 15) is 0 Å². The topological polar surface area (TPSA) is 86.7 Å². The maximum Gasteiger partial charge on any atom is 0.213 e. The molecule has 0 aliphatic carbocycles. The van der Waals surface area contributed by atoms with Gasteiger partial charge < -0.3 is 20.5 Å². The monoisotopic (exact) mass is 393 g/mol. The molecule has 0 fully saturated rings. The van der Waals surface area contributed by atoms with Gasteiger partial charge in [-0.2, -0.15) is 0 Å². The molecule has 7 heteroatoms. The first-order valence-corrected chi connectivity index (χ1v) is 8.37. The molecule has 0 bridgehead atoms. The summed E-state index contributed by atoms with van der Waals surface area (Å²) in [7, 11) is 3.22. The van der Waals surface area contributed by atoms with Gasteiger partial charge in [0.05, 0.1) is 19.9 Å². The first kappa shape index (κ1) is 21.6. The molecular weight excluding hydrogens is 366 g/mol. The van der Waals surface area contributed by atoms with Gasteiger partial charge in [0.15, 0.2) is 11.5 Å². The van der Waals surface area contributed by atoms with Crippen molar-refractivity contribution in [1.29, 1.82) is 0 Å². The summed E-state index contributed by atoms with van der Waals surface area (Å²) in [5.41, 5.74) is 9.82. The summed E-state index contributed by atoms with van der Waals surface area (Å²) in [6.45, 7) is 0. The van der Waals surface area contributed by atoms with Crippen LogP contribution in [0.15, 0.2) is 60.9 Å². The number of imidazole rings is 1. The van der Waals surface area contributed by atoms with E-state index in [2.05, 4.69) is 10.3 Å². The van der Waals surface area contributed by atoms with Crippen LogP contribution in [-0.2, 0) is 0 Å². The van der Waals surface area contributed by atoms with Gasteiger partial charge in [-0.3, -0.25) is 4.40 Å². The first-order valence-electron chi connectivity index (χ1n) is 8.37. The Balaban J connectivity index is 0.00000150. The predicted molar refractivity (Wildman–Crippen MR) is 119 cm³/mol. The summed E-state index contributed by atoms with van der Waals surface area (Å²) in [5.74, 6) is 1.97. The van der Waals surface area contributed by atoms with Crippen LogP contribution in [-0.4, -0.2) is 28.6 Å². The minimum absolute atomic E-state index is 0. The normalized spacial score (nSPS) is 10.0. The van der Waals surface area contributed by atoms with E-state index in [1.165, 1.54) is 0 Å². The smallest absolute Gasteiger partial charge is 0.213 e. The Bertz CT molecular complexity index is 1090. The van der Waals surface area contributed by atoms with Crippen LogP contribution < -0.4 is 20.5 Å². The van der Waals surface area contributed by atoms with E-state index in [-0.39, 0.29) is 14.9 Å². The lowest BCUT2D eigenvalue weighted by atomic mass is 10.1. The molecule has 2 aromatic carbocycles. The summed E-state index contributed by atoms with van der Waals surface area (Å²) in [4.78, 5) is 9.18. The Kier molecular flexibility index (Phi) is 6.67. The maximum absolute atomic E-state index is 5.76. The molecule has 29 heavy (non-hydrogen) atoms. The average Bonchev–Trinajstić information content (AvgIpc) is 3.18. The summed E-state index contributed by atoms with van der Waals surface area (Å²) >= 11 is 0. The van der Waals surface area contributed by atoms with Gasteiger partial charge in [0.1, 0.15) is 5.65 Å². The average molecular weight is 393 g/mol. The molecule has 0 radical (unpaired) electrons. The molecule has 0 saturated carbocycles. The number of fused-ring (bicyclic) bond motifs is 1. The van der Waals surface area contributed by atoms with Crippen molar-refractivity contribution in [2.45, 2.75) is 14.9 Å². The molecular formula is C22H27N5O2. The predicted octanol–water partition coefficient (Wildman–Crippen LogP) is 5.01. The third-order valence-electron chi connectivity index (χ3n) is 4.24. The molecule has 3 N–H and O–H groups in total. The van der Waals surface area contributed by atoms with Crippen LogP contribution in [0.3, 0.4) is 0 Å². The van der Waals surface area contributed by atoms with Gasteiger partial charge in [-0.15, -0.1) is 0 Å². The van der Waals surface area contributed by atoms with Crippen molar-refractivity contribution < 1.29 is 9.47 Å². The molecule has 7 nitrogen and oxygen atoms in total. The van der Waals surface area contributed by atoms with Crippen molar-refractivity contribution in [2.24, 2.45) is 0 Å². The Morgan fingerprint density at radius 1 is 0.931 bits per heavy atom. The van der Waals surface area contributed by atoms with Crippen LogP contribution in [0.25, 0.3) is 16.9 Å². The van der Waals surface area contributed by atoms with Crippen LogP contribution in [0.5, 0.6) is 11.5 Å². The Labute approximate surface area is 171 Å². The number of ether oxygens (including phenoxy) is 2. The molecule has 152 valence electrons. The van der Waals surface area contributed by atoms with Crippen LogP contribution >= 0.6 is 0 Å². The highest BCUT2D eigenvalue weighted by atomic mass is 16.5. The number of nitrogen functional groups attached to an aromatic ring is 1. The Hall–Kier alpha value is -3.74. The molecule has 0 spiro atoms. The fourth-order valence-corrected chi connectivity index (χ4v) is 2.85. The van der Waals surface area contributed by atoms with E-state index in [0.717, 1.165) is 22.6 Å². The van der Waals surface area contributed by atoms with Gasteiger partial charge in [-0.25, -0.2) is 9.97 Å². The Morgan fingerprint density at radius 3 is 2.34 bits per heavy atom. The lowest BCUT2D eigenvalue weighted by molar-refractivity contribution is 0.355. The second-order valence-corrected chi connectivity index (χ2v) is 5.94. The zero-order valence-electron chi connectivity index (χ0n) is 15.0. The number of hydrogen-bond donors (Lipinski definition) is 2. The van der Waals surface area contributed by atoms with Gasteiger partial charge >= 0.3 is 0 Å². The molecule has 4 aromatic rings. The molecule has 0 unspecified atom stereocenters. The second kappa shape index (κ2) is 8.97. The van der Waals surface area contributed by atoms with Crippen molar-refractivity contribution in [2.75, 3.05) is 25.3 Å². The first-order chi connectivity index (χ1) is 13.2. The van der Waals surface area contributed by atoms with Gasteiger partial charge in [0.25, 0.3) is 0 Å². The van der Waals surface area contributed by atoms with E-state index >= 15 is 0 Å². The van der Waals surface area contributed by atoms with Crippen molar-refractivity contribution in [3.63, 3.8) is 0 Å². The second-order valence-electron chi connectivity index (χ2n) is 5.94. The highest BCUT2D eigenvalue weighted by Gasteiger charge is 2.11. The molecule has 0 saturated heterocycles. The van der Waals surface area contributed by atoms with E-state index in [0.29, 0.717) is 23.1 Å². The number of nitrogens with one attached hydrogen (secondary N) is 1. The summed E-state index contributed by atoms with van der Waals surface area (Å²) in [5, 5.41) is 3.32. The number of methoxy groups -OCH3 is 2. The molecule has 0 atom stereocenters. The molecule has 4 rings (SSSR count). The van der Waals surface area contributed by atoms with Crippen molar-refractivity contribution in [1.82, 2.24) is 14.4 Å². The number of benzene rings is 2. The third kappa shape index (κ3) is 4.24. The quantitative estimate of drug-likeness (QED) is 0.463. The van der Waals surface area contributed by atoms with E-state index in [4.69, 9.17) is 20.2 Å². The number of rotatable bonds is 5. The third-order valence-corrected chi connectivity index (χ3v) is 4.24. The Morgan fingerprint density at radius 2 is 1.66 bits per heavy atom. The lowest BCUT2D eigenvalue weighted by Gasteiger charge is -2.12. The van der Waals surface area contributed by atoms with Gasteiger partial charge in [-0.1, -0.05) is 14.9 Å². The lowest BCUT2D eigenvalue weighted by Crippen LogP contribution is -2.03. The number of anilines is 3. The standard InChI is InChI=1S/C20H19N5O2.2CH4/c1-26-17-8-3-13(11-18(17)27-2)16-12-19-22-9-10-25(19)20(24-16)23-15-6-4-14(21)5-7-15;;/h3-12H,21H2,1-2H3,(H,23,24);2*1H4. The molecule has 2 heterocycles. The maximum atomic E-state index is 5.76. The number of nitrogens with two attached hydrogens (primary N) is 1. The molecule has 0 aliphatic heterocycles. The number of aromatic nitrogens is 3. The minimum atomic E-state index is 0. The van der Waals surface area contributed by atoms with Gasteiger partial charge in [0, 0.05) is 35.4 Å². The summed E-state index contributed by atoms with van der Waals surface area (Å²) in [6.07, 6.45) is 3.60. The van der Waals surface area contributed by atoms with Crippen molar-refractivity contribution >= 4 is 23.0 Å².